The molecule has 5 heteroatoms. The molecule has 0 amide bonds. The maximum absolute atomic E-state index is 12.2. The van der Waals surface area contributed by atoms with Crippen LogP contribution in [0.15, 0.2) is 24.3 Å². The number of ether oxygens (including phenoxy) is 2. The quantitative estimate of drug-likeness (QED) is 0.787. The van der Waals surface area contributed by atoms with Gasteiger partial charge in [0.25, 0.3) is 0 Å². The molecule has 3 nitrogen and oxygen atoms in total. The average Bonchev–Trinajstić information content (AvgIpc) is 2.37. The fraction of sp³-hybridized carbons (Fsp3) is 0.571. The second-order valence-electron chi connectivity index (χ2n) is 4.40. The third-order valence-corrected chi connectivity index (χ3v) is 2.93. The summed E-state index contributed by atoms with van der Waals surface area (Å²) in [6, 6.07) is 7.02. The smallest absolute Gasteiger partial charge is 0.387 e. The highest BCUT2D eigenvalue weighted by atomic mass is 19.3. The summed E-state index contributed by atoms with van der Waals surface area (Å²) in [5, 5.41) is 3.40. The molecule has 1 rings (SSSR count). The standard InChI is InChI=1S/C14H21F2NO2/c1-4-12(9-18-3)17-10(2)11-6-5-7-13(8-11)19-14(15)16/h5-8,10,12,14,17H,4,9H2,1-3H3. The Morgan fingerprint density at radius 1 is 1.32 bits per heavy atom. The van der Waals surface area contributed by atoms with Crippen LogP contribution < -0.4 is 10.1 Å². The van der Waals surface area contributed by atoms with Gasteiger partial charge in [0, 0.05) is 19.2 Å². The van der Waals surface area contributed by atoms with Gasteiger partial charge in [0.15, 0.2) is 0 Å². The Morgan fingerprint density at radius 3 is 2.63 bits per heavy atom. The van der Waals surface area contributed by atoms with Gasteiger partial charge in [-0.1, -0.05) is 19.1 Å². The molecule has 2 atom stereocenters. The van der Waals surface area contributed by atoms with Crippen molar-refractivity contribution in [1.82, 2.24) is 5.32 Å². The van der Waals surface area contributed by atoms with Crippen LogP contribution in [0.2, 0.25) is 0 Å². The maximum atomic E-state index is 12.2. The zero-order valence-electron chi connectivity index (χ0n) is 11.5. The van der Waals surface area contributed by atoms with E-state index in [0.29, 0.717) is 6.61 Å². The van der Waals surface area contributed by atoms with Gasteiger partial charge < -0.3 is 14.8 Å². The van der Waals surface area contributed by atoms with Crippen molar-refractivity contribution in [3.05, 3.63) is 29.8 Å². The van der Waals surface area contributed by atoms with Crippen LogP contribution >= 0.6 is 0 Å². The molecule has 108 valence electrons. The van der Waals surface area contributed by atoms with Gasteiger partial charge in [-0.05, 0) is 31.0 Å². The van der Waals surface area contributed by atoms with E-state index < -0.39 is 6.61 Å². The summed E-state index contributed by atoms with van der Waals surface area (Å²) in [6.07, 6.45) is 0.936. The molecule has 0 aliphatic heterocycles. The van der Waals surface area contributed by atoms with Crippen LogP contribution in [-0.2, 0) is 4.74 Å². The molecular weight excluding hydrogens is 252 g/mol. The van der Waals surface area contributed by atoms with E-state index >= 15 is 0 Å². The maximum Gasteiger partial charge on any atom is 0.387 e. The fourth-order valence-corrected chi connectivity index (χ4v) is 1.89. The van der Waals surface area contributed by atoms with Gasteiger partial charge in [-0.25, -0.2) is 0 Å². The summed E-state index contributed by atoms with van der Waals surface area (Å²) in [4.78, 5) is 0. The molecule has 0 bridgehead atoms. The molecule has 1 N–H and O–H groups in total. The highest BCUT2D eigenvalue weighted by Crippen LogP contribution is 2.21. The first-order valence-electron chi connectivity index (χ1n) is 6.36. The van der Waals surface area contributed by atoms with Crippen molar-refractivity contribution in [3.8, 4) is 5.75 Å². The number of hydrogen-bond donors (Lipinski definition) is 1. The van der Waals surface area contributed by atoms with Gasteiger partial charge in [0.1, 0.15) is 5.75 Å². The molecule has 19 heavy (non-hydrogen) atoms. The Morgan fingerprint density at radius 2 is 2.05 bits per heavy atom. The van der Waals surface area contributed by atoms with Crippen molar-refractivity contribution in [2.24, 2.45) is 0 Å². The summed E-state index contributed by atoms with van der Waals surface area (Å²) in [5.41, 5.74) is 0.910. The van der Waals surface area contributed by atoms with E-state index in [1.807, 2.05) is 13.0 Å². The molecular formula is C14H21F2NO2. The van der Waals surface area contributed by atoms with E-state index in [-0.39, 0.29) is 17.8 Å². The largest absolute Gasteiger partial charge is 0.435 e. The van der Waals surface area contributed by atoms with Crippen molar-refractivity contribution in [2.45, 2.75) is 39.0 Å². The molecule has 0 spiro atoms. The van der Waals surface area contributed by atoms with Gasteiger partial charge in [-0.3, -0.25) is 0 Å². The summed E-state index contributed by atoms with van der Waals surface area (Å²) in [6.45, 7) is 1.88. The minimum absolute atomic E-state index is 0.0429. The lowest BCUT2D eigenvalue weighted by Gasteiger charge is -2.22. The Kier molecular flexibility index (Phi) is 6.73. The van der Waals surface area contributed by atoms with Gasteiger partial charge in [0.05, 0.1) is 6.61 Å². The zero-order chi connectivity index (χ0) is 14.3. The van der Waals surface area contributed by atoms with E-state index in [0.717, 1.165) is 12.0 Å². The third-order valence-electron chi connectivity index (χ3n) is 2.93. The van der Waals surface area contributed by atoms with Gasteiger partial charge in [-0.15, -0.1) is 0 Å². The number of halogens is 2. The number of methoxy groups -OCH3 is 1. The topological polar surface area (TPSA) is 30.5 Å². The highest BCUT2D eigenvalue weighted by molar-refractivity contribution is 5.30. The lowest BCUT2D eigenvalue weighted by molar-refractivity contribution is -0.0499. The van der Waals surface area contributed by atoms with Gasteiger partial charge in [0.2, 0.25) is 0 Å². The van der Waals surface area contributed by atoms with Crippen LogP contribution in [0.4, 0.5) is 8.78 Å². The van der Waals surface area contributed by atoms with Crippen molar-refractivity contribution >= 4 is 0 Å². The molecule has 1 aromatic carbocycles. The molecule has 0 heterocycles. The van der Waals surface area contributed by atoms with E-state index in [2.05, 4.69) is 17.0 Å². The summed E-state index contributed by atoms with van der Waals surface area (Å²) < 4.78 is 33.8. The Bertz CT molecular complexity index is 374. The fourth-order valence-electron chi connectivity index (χ4n) is 1.89. The molecule has 0 aromatic heterocycles. The number of nitrogens with one attached hydrogen (secondary N) is 1. The van der Waals surface area contributed by atoms with Crippen LogP contribution in [0.1, 0.15) is 31.9 Å². The second kappa shape index (κ2) is 8.07. The molecule has 0 fully saturated rings. The first kappa shape index (κ1) is 15.9. The number of rotatable bonds is 8. The SMILES string of the molecule is CCC(COC)NC(C)c1cccc(OC(F)F)c1. The van der Waals surface area contributed by atoms with E-state index in [4.69, 9.17) is 4.74 Å². The second-order valence-corrected chi connectivity index (χ2v) is 4.40. The molecule has 0 aliphatic rings. The van der Waals surface area contributed by atoms with Crippen LogP contribution in [-0.4, -0.2) is 26.4 Å². The Hall–Kier alpha value is -1.20. The van der Waals surface area contributed by atoms with Crippen LogP contribution in [0.3, 0.4) is 0 Å². The molecule has 1 aromatic rings. The lowest BCUT2D eigenvalue weighted by Crippen LogP contribution is -2.34. The van der Waals surface area contributed by atoms with Crippen LogP contribution in [0, 0.1) is 0 Å². The van der Waals surface area contributed by atoms with Crippen molar-refractivity contribution in [3.63, 3.8) is 0 Å². The molecule has 0 aliphatic carbocycles. The summed E-state index contributed by atoms with van der Waals surface area (Å²) in [5.74, 6) is 0.181. The van der Waals surface area contributed by atoms with Gasteiger partial charge in [-0.2, -0.15) is 8.78 Å². The van der Waals surface area contributed by atoms with Crippen LogP contribution in [0.25, 0.3) is 0 Å². The predicted molar refractivity (Wildman–Crippen MR) is 70.6 cm³/mol. The zero-order valence-corrected chi connectivity index (χ0v) is 11.5. The molecule has 2 unspecified atom stereocenters. The number of hydrogen-bond acceptors (Lipinski definition) is 3. The molecule has 0 radical (unpaired) electrons. The van der Waals surface area contributed by atoms with Crippen molar-refractivity contribution < 1.29 is 18.3 Å². The van der Waals surface area contributed by atoms with Crippen LogP contribution in [0.5, 0.6) is 5.75 Å². The normalized spacial score (nSPS) is 14.4. The third kappa shape index (κ3) is 5.53. The lowest BCUT2D eigenvalue weighted by atomic mass is 10.1. The first-order chi connectivity index (χ1) is 9.06. The minimum atomic E-state index is -2.80. The molecule has 0 saturated carbocycles. The number of alkyl halides is 2. The average molecular weight is 273 g/mol. The van der Waals surface area contributed by atoms with Crippen molar-refractivity contribution in [1.29, 1.82) is 0 Å². The van der Waals surface area contributed by atoms with Crippen molar-refractivity contribution in [2.75, 3.05) is 13.7 Å². The highest BCUT2D eigenvalue weighted by Gasteiger charge is 2.13. The predicted octanol–water partition coefficient (Wildman–Crippen LogP) is 3.36. The Balaban J connectivity index is 2.67. The van der Waals surface area contributed by atoms with E-state index in [9.17, 15) is 8.78 Å². The summed E-state index contributed by atoms with van der Waals surface area (Å²) in [7, 11) is 1.66. The first-order valence-corrected chi connectivity index (χ1v) is 6.36. The molecule has 0 saturated heterocycles. The van der Waals surface area contributed by atoms with E-state index in [1.165, 1.54) is 6.07 Å². The Labute approximate surface area is 112 Å². The van der Waals surface area contributed by atoms with Gasteiger partial charge >= 0.3 is 6.61 Å². The number of benzene rings is 1. The van der Waals surface area contributed by atoms with E-state index in [1.54, 1.807) is 19.2 Å². The summed E-state index contributed by atoms with van der Waals surface area (Å²) >= 11 is 0. The minimum Gasteiger partial charge on any atom is -0.435 e. The monoisotopic (exact) mass is 273 g/mol.